The SMILES string of the molecule is COc1cc(O)cc(C(=O)NCC2CCN(CCNC(=O)C3(C(F)(F)F)CC3)CC2)c1. The summed E-state index contributed by atoms with van der Waals surface area (Å²) in [5, 5.41) is 15.0. The van der Waals surface area contributed by atoms with Gasteiger partial charge < -0.3 is 25.4 Å². The van der Waals surface area contributed by atoms with Gasteiger partial charge in [-0.15, -0.1) is 0 Å². The zero-order valence-corrected chi connectivity index (χ0v) is 17.4. The lowest BCUT2D eigenvalue weighted by molar-refractivity contribution is -0.192. The molecular formula is C21H28F3N3O4. The van der Waals surface area contributed by atoms with E-state index in [9.17, 15) is 27.9 Å². The topological polar surface area (TPSA) is 90.9 Å². The van der Waals surface area contributed by atoms with Crippen LogP contribution in [0, 0.1) is 11.3 Å². The molecule has 1 aromatic rings. The molecular weight excluding hydrogens is 415 g/mol. The van der Waals surface area contributed by atoms with Crippen LogP contribution in [-0.4, -0.2) is 67.8 Å². The highest BCUT2D eigenvalue weighted by Crippen LogP contribution is 2.57. The maximum atomic E-state index is 12.9. The van der Waals surface area contributed by atoms with Crippen LogP contribution in [0.1, 0.15) is 36.0 Å². The molecule has 0 unspecified atom stereocenters. The molecule has 1 aliphatic heterocycles. The van der Waals surface area contributed by atoms with Gasteiger partial charge in [-0.3, -0.25) is 9.59 Å². The van der Waals surface area contributed by atoms with E-state index in [1.165, 1.54) is 19.2 Å². The monoisotopic (exact) mass is 443 g/mol. The second-order valence-electron chi connectivity index (χ2n) is 8.25. The Morgan fingerprint density at radius 1 is 1.19 bits per heavy atom. The van der Waals surface area contributed by atoms with Gasteiger partial charge in [0.25, 0.3) is 5.91 Å². The van der Waals surface area contributed by atoms with Crippen molar-refractivity contribution >= 4 is 11.8 Å². The molecule has 0 radical (unpaired) electrons. The molecule has 0 bridgehead atoms. The first-order valence-electron chi connectivity index (χ1n) is 10.4. The smallest absolute Gasteiger partial charge is 0.403 e. The zero-order chi connectivity index (χ0) is 22.6. The third-order valence-electron chi connectivity index (χ3n) is 6.09. The van der Waals surface area contributed by atoms with Crippen LogP contribution in [0.4, 0.5) is 13.2 Å². The maximum absolute atomic E-state index is 12.9. The summed E-state index contributed by atoms with van der Waals surface area (Å²) in [5.41, 5.74) is -1.85. The van der Waals surface area contributed by atoms with Gasteiger partial charge in [0.15, 0.2) is 0 Å². The van der Waals surface area contributed by atoms with Gasteiger partial charge in [0.2, 0.25) is 5.91 Å². The van der Waals surface area contributed by atoms with Gasteiger partial charge >= 0.3 is 6.18 Å². The number of nitrogens with one attached hydrogen (secondary N) is 2. The number of carbonyl (C=O) groups excluding carboxylic acids is 2. The Morgan fingerprint density at radius 3 is 2.45 bits per heavy atom. The molecule has 0 spiro atoms. The standard InChI is InChI=1S/C21H28F3N3O4/c1-31-17-11-15(10-16(28)12-17)18(29)26-13-14-2-7-27(8-3-14)9-6-25-19(30)20(4-5-20)21(22,23)24/h10-12,14,28H,2-9,13H2,1H3,(H,25,30)(H,26,29). The predicted molar refractivity (Wildman–Crippen MR) is 107 cm³/mol. The molecule has 2 fully saturated rings. The number of phenolic OH excluding ortho intramolecular Hbond substituents is 1. The minimum Gasteiger partial charge on any atom is -0.508 e. The Labute approximate surface area is 178 Å². The molecule has 1 aliphatic carbocycles. The molecule has 1 aromatic carbocycles. The molecule has 1 heterocycles. The van der Waals surface area contributed by atoms with Crippen molar-refractivity contribution in [1.29, 1.82) is 0 Å². The average Bonchev–Trinajstić information content (AvgIpc) is 3.54. The van der Waals surface area contributed by atoms with E-state index in [1.54, 1.807) is 6.07 Å². The first kappa shape index (κ1) is 23.2. The van der Waals surface area contributed by atoms with Crippen LogP contribution in [0.3, 0.4) is 0 Å². The Morgan fingerprint density at radius 2 is 1.87 bits per heavy atom. The first-order valence-corrected chi connectivity index (χ1v) is 10.4. The number of phenols is 1. The van der Waals surface area contributed by atoms with Gasteiger partial charge in [-0.1, -0.05) is 0 Å². The number of nitrogens with zero attached hydrogens (tertiary/aromatic N) is 1. The fraction of sp³-hybridized carbons (Fsp3) is 0.619. The zero-order valence-electron chi connectivity index (χ0n) is 17.4. The van der Waals surface area contributed by atoms with Crippen molar-refractivity contribution in [2.75, 3.05) is 39.8 Å². The Kier molecular flexibility index (Phi) is 6.98. The van der Waals surface area contributed by atoms with E-state index in [4.69, 9.17) is 4.74 Å². The number of alkyl halides is 3. The summed E-state index contributed by atoms with van der Waals surface area (Å²) in [4.78, 5) is 26.3. The number of rotatable bonds is 8. The molecule has 0 aromatic heterocycles. The van der Waals surface area contributed by atoms with Gasteiger partial charge in [-0.25, -0.2) is 0 Å². The van der Waals surface area contributed by atoms with E-state index >= 15 is 0 Å². The van der Waals surface area contributed by atoms with E-state index < -0.39 is 17.5 Å². The van der Waals surface area contributed by atoms with E-state index in [0.717, 1.165) is 25.9 Å². The minimum atomic E-state index is -4.48. The lowest BCUT2D eigenvalue weighted by atomic mass is 9.96. The van der Waals surface area contributed by atoms with Crippen LogP contribution in [0.15, 0.2) is 18.2 Å². The molecule has 172 valence electrons. The number of likely N-dealkylation sites (tertiary alicyclic amines) is 1. The van der Waals surface area contributed by atoms with Crippen LogP contribution in [-0.2, 0) is 4.79 Å². The second-order valence-corrected chi connectivity index (χ2v) is 8.25. The van der Waals surface area contributed by atoms with E-state index in [2.05, 4.69) is 15.5 Å². The number of benzene rings is 1. The molecule has 1 saturated carbocycles. The van der Waals surface area contributed by atoms with Gasteiger partial charge in [0.1, 0.15) is 16.9 Å². The van der Waals surface area contributed by atoms with Crippen molar-refractivity contribution in [3.05, 3.63) is 23.8 Å². The molecule has 3 N–H and O–H groups in total. The predicted octanol–water partition coefficient (Wildman–Crippen LogP) is 2.30. The summed E-state index contributed by atoms with van der Waals surface area (Å²) in [6.07, 6.45) is -3.07. The van der Waals surface area contributed by atoms with Gasteiger partial charge in [0, 0.05) is 31.3 Å². The number of piperidine rings is 1. The summed E-state index contributed by atoms with van der Waals surface area (Å²) < 4.78 is 43.9. The van der Waals surface area contributed by atoms with Crippen molar-refractivity contribution in [3.63, 3.8) is 0 Å². The molecule has 2 aliphatic rings. The summed E-state index contributed by atoms with van der Waals surface area (Å²) in [6, 6.07) is 4.35. The molecule has 10 heteroatoms. The Hall–Kier alpha value is -2.49. The van der Waals surface area contributed by atoms with Crippen molar-refractivity contribution in [2.45, 2.75) is 31.9 Å². The van der Waals surface area contributed by atoms with Gasteiger partial charge in [0.05, 0.1) is 7.11 Å². The number of amides is 2. The molecule has 3 rings (SSSR count). The number of aromatic hydroxyl groups is 1. The minimum absolute atomic E-state index is 0.0484. The largest absolute Gasteiger partial charge is 0.508 e. The second kappa shape index (κ2) is 9.33. The van der Waals surface area contributed by atoms with Crippen LogP contribution in [0.25, 0.3) is 0 Å². The molecule has 7 nitrogen and oxygen atoms in total. The third-order valence-corrected chi connectivity index (χ3v) is 6.09. The highest BCUT2D eigenvalue weighted by atomic mass is 19.4. The molecule has 1 saturated heterocycles. The highest BCUT2D eigenvalue weighted by molar-refractivity contribution is 5.95. The van der Waals surface area contributed by atoms with Crippen LogP contribution in [0.2, 0.25) is 0 Å². The number of methoxy groups -OCH3 is 1. The van der Waals surface area contributed by atoms with Crippen LogP contribution < -0.4 is 15.4 Å². The van der Waals surface area contributed by atoms with Crippen molar-refractivity contribution in [2.24, 2.45) is 11.3 Å². The third kappa shape index (κ3) is 5.61. The number of hydrogen-bond donors (Lipinski definition) is 3. The molecule has 31 heavy (non-hydrogen) atoms. The normalized spacial score (nSPS) is 19.0. The highest BCUT2D eigenvalue weighted by Gasteiger charge is 2.68. The van der Waals surface area contributed by atoms with Crippen LogP contribution in [0.5, 0.6) is 11.5 Å². The van der Waals surface area contributed by atoms with Crippen molar-refractivity contribution in [3.8, 4) is 11.5 Å². The summed E-state index contributed by atoms with van der Waals surface area (Å²) in [6.45, 7) is 2.69. The quantitative estimate of drug-likeness (QED) is 0.574. The fourth-order valence-electron chi connectivity index (χ4n) is 3.85. The number of hydrogen-bond acceptors (Lipinski definition) is 5. The number of ether oxygens (including phenoxy) is 1. The van der Waals surface area contributed by atoms with E-state index in [1.807, 2.05) is 0 Å². The lowest BCUT2D eigenvalue weighted by Gasteiger charge is -2.32. The lowest BCUT2D eigenvalue weighted by Crippen LogP contribution is -2.45. The number of carbonyl (C=O) groups is 2. The Bertz CT molecular complexity index is 804. The van der Waals surface area contributed by atoms with E-state index in [0.29, 0.717) is 24.4 Å². The van der Waals surface area contributed by atoms with Crippen molar-refractivity contribution < 1.29 is 32.6 Å². The van der Waals surface area contributed by atoms with Gasteiger partial charge in [-0.05, 0) is 56.8 Å². The van der Waals surface area contributed by atoms with Crippen LogP contribution >= 0.6 is 0 Å². The summed E-state index contributed by atoms with van der Waals surface area (Å²) in [5.74, 6) is -0.575. The Balaban J connectivity index is 1.35. The summed E-state index contributed by atoms with van der Waals surface area (Å²) in [7, 11) is 1.45. The maximum Gasteiger partial charge on any atom is 0.403 e. The van der Waals surface area contributed by atoms with Crippen molar-refractivity contribution in [1.82, 2.24) is 15.5 Å². The molecule has 0 atom stereocenters. The summed E-state index contributed by atoms with van der Waals surface area (Å²) >= 11 is 0. The molecule has 2 amide bonds. The van der Waals surface area contributed by atoms with E-state index in [-0.39, 0.29) is 37.0 Å². The fourth-order valence-corrected chi connectivity index (χ4v) is 3.85. The number of halogens is 3. The first-order chi connectivity index (χ1) is 14.6. The van der Waals surface area contributed by atoms with Gasteiger partial charge in [-0.2, -0.15) is 13.2 Å². The average molecular weight is 443 g/mol.